The fraction of sp³-hybridized carbons (Fsp3) is 0.286. The Balaban J connectivity index is 1.46. The van der Waals surface area contributed by atoms with Crippen LogP contribution in [0, 0.1) is 11.7 Å². The molecule has 194 valence electrons. The molecule has 8 nitrogen and oxygen atoms in total. The third kappa shape index (κ3) is 4.41. The first kappa shape index (κ1) is 24.5. The van der Waals surface area contributed by atoms with Crippen LogP contribution in [0.15, 0.2) is 55.0 Å². The lowest BCUT2D eigenvalue weighted by Gasteiger charge is -2.28. The van der Waals surface area contributed by atoms with Gasteiger partial charge in [-0.05, 0) is 67.3 Å². The molecule has 2 aromatic carbocycles. The van der Waals surface area contributed by atoms with Crippen molar-refractivity contribution in [2.45, 2.75) is 37.8 Å². The average molecular weight is 534 g/mol. The first-order chi connectivity index (χ1) is 18.4. The van der Waals surface area contributed by atoms with E-state index in [1.165, 1.54) is 24.5 Å². The van der Waals surface area contributed by atoms with E-state index in [0.29, 0.717) is 39.5 Å². The summed E-state index contributed by atoms with van der Waals surface area (Å²) in [7, 11) is 1.66. The second-order valence-electron chi connectivity index (χ2n) is 9.75. The fourth-order valence-electron chi connectivity index (χ4n) is 5.49. The van der Waals surface area contributed by atoms with Crippen molar-refractivity contribution in [1.29, 1.82) is 0 Å². The number of rotatable bonds is 5. The molecule has 1 fully saturated rings. The van der Waals surface area contributed by atoms with Crippen molar-refractivity contribution in [2.75, 3.05) is 12.4 Å². The minimum absolute atomic E-state index is 0.0352. The molecule has 10 heteroatoms. The number of pyridine rings is 1. The maximum Gasteiger partial charge on any atom is 0.252 e. The molecular weight excluding hydrogens is 509 g/mol. The van der Waals surface area contributed by atoms with Crippen LogP contribution in [0.4, 0.5) is 10.1 Å². The lowest BCUT2D eigenvalue weighted by atomic mass is 9.86. The number of nitrogens with one attached hydrogen (secondary N) is 2. The molecule has 3 atom stereocenters. The van der Waals surface area contributed by atoms with Gasteiger partial charge in [-0.3, -0.25) is 9.59 Å². The number of benzene rings is 2. The van der Waals surface area contributed by atoms with Gasteiger partial charge in [0.05, 0.1) is 12.1 Å². The summed E-state index contributed by atoms with van der Waals surface area (Å²) < 4.78 is 21.4. The molecular formula is C28H25ClFN5O3. The van der Waals surface area contributed by atoms with Gasteiger partial charge in [0.2, 0.25) is 5.91 Å². The Morgan fingerprint density at radius 2 is 2.05 bits per heavy atom. The highest BCUT2D eigenvalue weighted by Gasteiger charge is 2.36. The first-order valence-corrected chi connectivity index (χ1v) is 12.9. The Kier molecular flexibility index (Phi) is 6.33. The molecule has 0 radical (unpaired) electrons. The van der Waals surface area contributed by atoms with E-state index in [9.17, 15) is 14.0 Å². The highest BCUT2D eigenvalue weighted by atomic mass is 35.5. The minimum atomic E-state index is -0.721. The van der Waals surface area contributed by atoms with Gasteiger partial charge < -0.3 is 15.4 Å². The molecule has 0 spiro atoms. The Hall–Kier alpha value is -3.82. The molecule has 1 saturated carbocycles. The van der Waals surface area contributed by atoms with Crippen LogP contribution in [0.2, 0.25) is 5.02 Å². The fourth-order valence-corrected chi connectivity index (χ4v) is 5.72. The van der Waals surface area contributed by atoms with Crippen molar-refractivity contribution in [3.63, 3.8) is 0 Å². The van der Waals surface area contributed by atoms with E-state index in [-0.39, 0.29) is 23.8 Å². The van der Waals surface area contributed by atoms with Gasteiger partial charge >= 0.3 is 0 Å². The van der Waals surface area contributed by atoms with Crippen LogP contribution in [0.25, 0.3) is 16.8 Å². The van der Waals surface area contributed by atoms with Crippen molar-refractivity contribution in [1.82, 2.24) is 19.9 Å². The van der Waals surface area contributed by atoms with Gasteiger partial charge in [0, 0.05) is 52.2 Å². The predicted octanol–water partition coefficient (Wildman–Crippen LogP) is 5.17. The topological polar surface area (TPSA) is 97.6 Å². The first-order valence-electron chi connectivity index (χ1n) is 12.5. The van der Waals surface area contributed by atoms with Crippen molar-refractivity contribution in [2.24, 2.45) is 5.92 Å². The molecule has 4 aromatic rings. The highest BCUT2D eigenvalue weighted by Crippen LogP contribution is 2.42. The lowest BCUT2D eigenvalue weighted by Crippen LogP contribution is -2.31. The van der Waals surface area contributed by atoms with Gasteiger partial charge in [-0.25, -0.2) is 13.9 Å². The van der Waals surface area contributed by atoms with Crippen LogP contribution in [0.5, 0.6) is 0 Å². The van der Waals surface area contributed by atoms with Crippen molar-refractivity contribution >= 4 is 34.7 Å². The number of anilines is 1. The van der Waals surface area contributed by atoms with E-state index >= 15 is 0 Å². The lowest BCUT2D eigenvalue weighted by molar-refractivity contribution is -0.122. The maximum atomic E-state index is 14.2. The number of fused-ring (bicyclic) bond motifs is 2. The number of carbonyl (C=O) groups excluding carboxylic acids is 2. The van der Waals surface area contributed by atoms with E-state index in [2.05, 4.69) is 20.7 Å². The summed E-state index contributed by atoms with van der Waals surface area (Å²) in [5.41, 5.74) is 4.04. The highest BCUT2D eigenvalue weighted by molar-refractivity contribution is 6.31. The van der Waals surface area contributed by atoms with Gasteiger partial charge in [0.25, 0.3) is 5.91 Å². The standard InChI is InChI=1S/C28H25ClFN5O3/c1-38-19-4-2-3-15(9-19)27(36)33-23-11-17(16-5-8-24-31-14-32-35(24)13-16)10-21-25(23)26(34-28(21)37)20-12-18(30)6-7-22(20)29/h5-8,10-15,19,26H,2-4,9H2,1H3,(H,33,36)(H,34,37). The van der Waals surface area contributed by atoms with Crippen LogP contribution >= 0.6 is 11.6 Å². The number of halogens is 2. The van der Waals surface area contributed by atoms with E-state index in [1.807, 2.05) is 24.4 Å². The normalized spacial score (nSPS) is 20.8. The Morgan fingerprint density at radius 3 is 2.89 bits per heavy atom. The van der Waals surface area contributed by atoms with Crippen molar-refractivity contribution < 1.29 is 18.7 Å². The quantitative estimate of drug-likeness (QED) is 0.369. The van der Waals surface area contributed by atoms with Gasteiger partial charge in [-0.2, -0.15) is 5.10 Å². The maximum absolute atomic E-state index is 14.2. The zero-order chi connectivity index (χ0) is 26.4. The monoisotopic (exact) mass is 533 g/mol. The zero-order valence-corrected chi connectivity index (χ0v) is 21.3. The summed E-state index contributed by atoms with van der Waals surface area (Å²) in [4.78, 5) is 30.9. The molecule has 1 aliphatic heterocycles. The summed E-state index contributed by atoms with van der Waals surface area (Å²) in [6, 6.07) is 10.6. The third-order valence-electron chi connectivity index (χ3n) is 7.45. The zero-order valence-electron chi connectivity index (χ0n) is 20.6. The second-order valence-corrected chi connectivity index (χ2v) is 10.2. The number of nitrogens with zero attached hydrogens (tertiary/aromatic N) is 3. The summed E-state index contributed by atoms with van der Waals surface area (Å²) in [5.74, 6) is -1.16. The molecule has 0 saturated heterocycles. The summed E-state index contributed by atoms with van der Waals surface area (Å²) in [6.07, 6.45) is 6.52. The molecule has 2 aliphatic rings. The molecule has 6 rings (SSSR count). The van der Waals surface area contributed by atoms with Crippen LogP contribution in [0.3, 0.4) is 0 Å². The smallest absolute Gasteiger partial charge is 0.252 e. The summed E-state index contributed by atoms with van der Waals surface area (Å²) >= 11 is 6.44. The third-order valence-corrected chi connectivity index (χ3v) is 7.80. The molecule has 38 heavy (non-hydrogen) atoms. The number of amides is 2. The van der Waals surface area contributed by atoms with Crippen LogP contribution in [0.1, 0.15) is 53.2 Å². The van der Waals surface area contributed by atoms with Crippen LogP contribution < -0.4 is 10.6 Å². The Labute approximate surface area is 223 Å². The molecule has 0 bridgehead atoms. The number of carbonyl (C=O) groups is 2. The molecule has 2 aromatic heterocycles. The Bertz CT molecular complexity index is 1570. The largest absolute Gasteiger partial charge is 0.381 e. The van der Waals surface area contributed by atoms with Gasteiger partial charge in [0.1, 0.15) is 12.1 Å². The molecule has 2 N–H and O–H groups in total. The van der Waals surface area contributed by atoms with Gasteiger partial charge in [0.15, 0.2) is 5.65 Å². The van der Waals surface area contributed by atoms with Gasteiger partial charge in [-0.1, -0.05) is 18.0 Å². The SMILES string of the molecule is COC1CCCC(C(=O)Nc2cc(-c3ccc4ncnn4c3)cc3c2C(c2cc(F)ccc2Cl)NC3=O)C1. The minimum Gasteiger partial charge on any atom is -0.381 e. The van der Waals surface area contributed by atoms with E-state index in [4.69, 9.17) is 16.3 Å². The number of hydrogen-bond acceptors (Lipinski definition) is 5. The predicted molar refractivity (Wildman–Crippen MR) is 141 cm³/mol. The molecule has 2 amide bonds. The molecule has 3 unspecified atom stereocenters. The average Bonchev–Trinajstić information content (AvgIpc) is 3.54. The van der Waals surface area contributed by atoms with Crippen molar-refractivity contribution in [3.05, 3.63) is 82.5 Å². The summed E-state index contributed by atoms with van der Waals surface area (Å²) in [5, 5.41) is 10.5. The molecule has 1 aliphatic carbocycles. The van der Waals surface area contributed by atoms with E-state index in [0.717, 1.165) is 30.4 Å². The Morgan fingerprint density at radius 1 is 1.18 bits per heavy atom. The number of ether oxygens (including phenoxy) is 1. The summed E-state index contributed by atoms with van der Waals surface area (Å²) in [6.45, 7) is 0. The van der Waals surface area contributed by atoms with Crippen LogP contribution in [-0.4, -0.2) is 39.6 Å². The molecule has 3 heterocycles. The number of methoxy groups -OCH3 is 1. The van der Waals surface area contributed by atoms with Gasteiger partial charge in [-0.15, -0.1) is 0 Å². The van der Waals surface area contributed by atoms with E-state index in [1.54, 1.807) is 17.7 Å². The van der Waals surface area contributed by atoms with Crippen LogP contribution in [-0.2, 0) is 9.53 Å². The van der Waals surface area contributed by atoms with E-state index < -0.39 is 11.9 Å². The number of aromatic nitrogens is 3. The number of hydrogen-bond donors (Lipinski definition) is 2. The second kappa shape index (κ2) is 9.81. The van der Waals surface area contributed by atoms with Crippen molar-refractivity contribution in [3.8, 4) is 11.1 Å².